The van der Waals surface area contributed by atoms with Gasteiger partial charge in [-0.1, -0.05) is 78.8 Å². The van der Waals surface area contributed by atoms with Crippen LogP contribution < -0.4 is 0 Å². The lowest BCUT2D eigenvalue weighted by molar-refractivity contribution is -0.136. The van der Waals surface area contributed by atoms with E-state index < -0.39 is 28.6 Å². The molecule has 36 heavy (non-hydrogen) atoms. The fourth-order valence-corrected chi connectivity index (χ4v) is 6.25. The summed E-state index contributed by atoms with van der Waals surface area (Å²) in [5.41, 5.74) is 1.07. The van der Waals surface area contributed by atoms with Crippen LogP contribution in [0.15, 0.2) is 30.3 Å². The summed E-state index contributed by atoms with van der Waals surface area (Å²) in [7, 11) is -4.11. The maximum absolute atomic E-state index is 13.8. The second kappa shape index (κ2) is 11.5. The van der Waals surface area contributed by atoms with Gasteiger partial charge < -0.3 is 13.6 Å². The van der Waals surface area contributed by atoms with Crippen LogP contribution in [0, 0.1) is 5.92 Å². The highest BCUT2D eigenvalue weighted by molar-refractivity contribution is 6.74. The first-order chi connectivity index (χ1) is 16.4. The Hall–Kier alpha value is -1.49. The average molecular weight is 536 g/mol. The van der Waals surface area contributed by atoms with Crippen molar-refractivity contribution < 1.29 is 23.2 Å². The second-order valence-corrected chi connectivity index (χ2v) is 22.8. The zero-order valence-corrected chi connectivity index (χ0v) is 26.4. The van der Waals surface area contributed by atoms with E-state index in [2.05, 4.69) is 67.7 Å². The number of ether oxygens (including phenoxy) is 1. The van der Waals surface area contributed by atoms with Crippen molar-refractivity contribution in [3.63, 3.8) is 0 Å². The van der Waals surface area contributed by atoms with Crippen LogP contribution in [0.1, 0.15) is 60.5 Å². The summed E-state index contributed by atoms with van der Waals surface area (Å²) >= 11 is 0. The number of amides is 2. The summed E-state index contributed by atoms with van der Waals surface area (Å²) in [6, 6.07) is 9.60. The van der Waals surface area contributed by atoms with Gasteiger partial charge in [0.2, 0.25) is 5.91 Å². The van der Waals surface area contributed by atoms with Gasteiger partial charge in [-0.15, -0.1) is 0 Å². The molecule has 1 aromatic rings. The third kappa shape index (κ3) is 7.52. The lowest BCUT2D eigenvalue weighted by Crippen LogP contribution is -2.51. The van der Waals surface area contributed by atoms with Gasteiger partial charge in [-0.25, -0.2) is 9.69 Å². The molecule has 0 aromatic heterocycles. The maximum atomic E-state index is 13.8. The molecule has 0 N–H and O–H groups in total. The topological polar surface area (TPSA) is 65.1 Å². The van der Waals surface area contributed by atoms with E-state index in [1.807, 2.05) is 37.3 Å². The summed E-state index contributed by atoms with van der Waals surface area (Å²) in [5.74, 6) is -0.722. The second-order valence-electron chi connectivity index (χ2n) is 13.2. The lowest BCUT2D eigenvalue weighted by atomic mass is 9.99. The summed E-state index contributed by atoms with van der Waals surface area (Å²) in [4.78, 5) is 27.8. The predicted octanol–water partition coefficient (Wildman–Crippen LogP) is 7.01. The number of carbonyl (C=O) groups excluding carboxylic acids is 2. The van der Waals surface area contributed by atoms with Crippen molar-refractivity contribution in [2.75, 3.05) is 13.2 Å². The molecule has 204 valence electrons. The van der Waals surface area contributed by atoms with E-state index in [4.69, 9.17) is 13.6 Å². The molecule has 3 atom stereocenters. The van der Waals surface area contributed by atoms with Crippen LogP contribution in [0.5, 0.6) is 0 Å². The quantitative estimate of drug-likeness (QED) is 0.301. The number of carbonyl (C=O) groups is 2. The molecule has 1 aliphatic heterocycles. The van der Waals surface area contributed by atoms with E-state index in [-0.39, 0.29) is 34.7 Å². The smallest absolute Gasteiger partial charge is 0.416 e. The molecule has 0 unspecified atom stereocenters. The van der Waals surface area contributed by atoms with Crippen molar-refractivity contribution in [1.82, 2.24) is 4.90 Å². The van der Waals surface area contributed by atoms with Crippen LogP contribution in [0.3, 0.4) is 0 Å². The van der Waals surface area contributed by atoms with Crippen LogP contribution in [0.2, 0.25) is 36.3 Å². The Bertz CT molecular complexity index is 889. The summed E-state index contributed by atoms with van der Waals surface area (Å²) in [5, 5.41) is 0.102. The Kier molecular flexibility index (Phi) is 9.82. The van der Waals surface area contributed by atoms with Gasteiger partial charge in [-0.05, 0) is 54.7 Å². The van der Waals surface area contributed by atoms with Crippen LogP contribution in [-0.4, -0.2) is 58.9 Å². The van der Waals surface area contributed by atoms with Crippen LogP contribution >= 0.6 is 0 Å². The van der Waals surface area contributed by atoms with E-state index in [1.165, 1.54) is 4.90 Å². The fourth-order valence-electron chi connectivity index (χ4n) is 3.76. The molecule has 2 amide bonds. The lowest BCUT2D eigenvalue weighted by Gasteiger charge is -2.42. The van der Waals surface area contributed by atoms with Gasteiger partial charge >= 0.3 is 6.09 Å². The SMILES string of the molecule is C[C@@H](C(=O)N1C(=O)OC[C@@H]1Cc1ccccc1)[C@H](CCO[Si](C)(C)C(C)(C)C)O[Si](C)(C)C(C)(C)C. The predicted molar refractivity (Wildman–Crippen MR) is 151 cm³/mol. The van der Waals surface area contributed by atoms with Gasteiger partial charge in [0.1, 0.15) is 6.61 Å². The first-order valence-electron chi connectivity index (χ1n) is 13.2. The molecule has 1 aliphatic rings. The number of nitrogens with zero attached hydrogens (tertiary/aromatic N) is 1. The number of benzene rings is 1. The first-order valence-corrected chi connectivity index (χ1v) is 19.0. The third-order valence-corrected chi connectivity index (χ3v) is 17.4. The van der Waals surface area contributed by atoms with Crippen molar-refractivity contribution in [3.8, 4) is 0 Å². The summed E-state index contributed by atoms with van der Waals surface area (Å²) in [6.07, 6.45) is 0.288. The molecule has 0 saturated carbocycles. The third-order valence-electron chi connectivity index (χ3n) is 8.38. The van der Waals surface area contributed by atoms with E-state index in [9.17, 15) is 9.59 Å². The number of hydrogen-bond acceptors (Lipinski definition) is 5. The normalized spacial score (nSPS) is 19.2. The molecule has 0 bridgehead atoms. The minimum Gasteiger partial charge on any atom is -0.447 e. The maximum Gasteiger partial charge on any atom is 0.416 e. The Morgan fingerprint density at radius 2 is 1.58 bits per heavy atom. The van der Waals surface area contributed by atoms with E-state index >= 15 is 0 Å². The molecular weight excluding hydrogens is 486 g/mol. The van der Waals surface area contributed by atoms with E-state index in [0.29, 0.717) is 19.4 Å². The fraction of sp³-hybridized carbons (Fsp3) is 0.714. The van der Waals surface area contributed by atoms with Gasteiger partial charge in [0, 0.05) is 6.61 Å². The largest absolute Gasteiger partial charge is 0.447 e. The minimum atomic E-state index is -2.17. The van der Waals surface area contributed by atoms with Gasteiger partial charge in [-0.2, -0.15) is 0 Å². The first kappa shape index (κ1) is 30.7. The Balaban J connectivity index is 2.24. The Morgan fingerprint density at radius 3 is 2.11 bits per heavy atom. The Labute approximate surface area is 221 Å². The van der Waals surface area contributed by atoms with Crippen LogP contribution in [0.4, 0.5) is 4.79 Å². The van der Waals surface area contributed by atoms with Crippen molar-refractivity contribution in [2.45, 2.75) is 110 Å². The molecule has 1 heterocycles. The van der Waals surface area contributed by atoms with Crippen molar-refractivity contribution in [2.24, 2.45) is 5.92 Å². The molecule has 8 heteroatoms. The van der Waals surface area contributed by atoms with Gasteiger partial charge in [0.25, 0.3) is 0 Å². The van der Waals surface area contributed by atoms with E-state index in [1.54, 1.807) is 0 Å². The number of imide groups is 1. The Morgan fingerprint density at radius 1 is 1.03 bits per heavy atom. The minimum absolute atomic E-state index is 0.00325. The molecular formula is C28H49NO5Si2. The molecule has 6 nitrogen and oxygen atoms in total. The highest BCUT2D eigenvalue weighted by atomic mass is 28.4. The molecule has 2 rings (SSSR count). The summed E-state index contributed by atoms with van der Waals surface area (Å²) < 4.78 is 18.6. The van der Waals surface area contributed by atoms with Gasteiger partial charge in [0.15, 0.2) is 16.6 Å². The monoisotopic (exact) mass is 535 g/mol. The average Bonchev–Trinajstić information content (AvgIpc) is 3.10. The number of cyclic esters (lactones) is 1. The number of rotatable bonds is 10. The molecule has 1 aromatic carbocycles. The van der Waals surface area contributed by atoms with Crippen molar-refractivity contribution in [1.29, 1.82) is 0 Å². The highest BCUT2D eigenvalue weighted by Gasteiger charge is 2.45. The van der Waals surface area contributed by atoms with Crippen molar-refractivity contribution >= 4 is 28.6 Å². The zero-order chi connectivity index (χ0) is 27.5. The molecule has 0 radical (unpaired) electrons. The highest BCUT2D eigenvalue weighted by Crippen LogP contribution is 2.40. The zero-order valence-electron chi connectivity index (χ0n) is 24.4. The molecule has 1 fully saturated rings. The molecule has 0 spiro atoms. The van der Waals surface area contributed by atoms with Crippen molar-refractivity contribution in [3.05, 3.63) is 35.9 Å². The van der Waals surface area contributed by atoms with Gasteiger partial charge in [0.05, 0.1) is 18.1 Å². The van der Waals surface area contributed by atoms with E-state index in [0.717, 1.165) is 5.56 Å². The summed E-state index contributed by atoms with van der Waals surface area (Å²) in [6.45, 7) is 24.8. The van der Waals surface area contributed by atoms with Crippen LogP contribution in [0.25, 0.3) is 0 Å². The molecule has 1 saturated heterocycles. The van der Waals surface area contributed by atoms with Gasteiger partial charge in [-0.3, -0.25) is 4.79 Å². The van der Waals surface area contributed by atoms with Crippen LogP contribution in [-0.2, 0) is 24.8 Å². The number of hydrogen-bond donors (Lipinski definition) is 0. The standard InChI is InChI=1S/C28H49NO5Si2/c1-21(25(30)29-23(20-32-26(29)31)19-22-15-13-12-14-16-22)24(34-36(10,11)28(5,6)7)17-18-33-35(8,9)27(2,3)4/h12-16,21,23-24H,17-20H2,1-11H3/t21-,23+,24+/m1/s1. The molecule has 0 aliphatic carbocycles.